The highest BCUT2D eigenvalue weighted by Gasteiger charge is 2.19. The fourth-order valence-electron chi connectivity index (χ4n) is 2.57. The second kappa shape index (κ2) is 6.43. The van der Waals surface area contributed by atoms with E-state index in [4.69, 9.17) is 4.74 Å². The summed E-state index contributed by atoms with van der Waals surface area (Å²) in [7, 11) is 1.66. The zero-order valence-corrected chi connectivity index (χ0v) is 12.5. The Hall–Kier alpha value is -2.62. The van der Waals surface area contributed by atoms with Crippen molar-refractivity contribution >= 4 is 11.5 Å². The van der Waals surface area contributed by atoms with E-state index < -0.39 is 0 Å². The molecule has 0 bridgehead atoms. The SMILES string of the molecule is COc1ccc(C2=CCN(C(=O)c3ccccn3)CC2)cc1. The maximum Gasteiger partial charge on any atom is 0.272 e. The first kappa shape index (κ1) is 14.3. The van der Waals surface area contributed by atoms with Crippen molar-refractivity contribution in [2.75, 3.05) is 20.2 Å². The summed E-state index contributed by atoms with van der Waals surface area (Å²) in [5, 5.41) is 0. The van der Waals surface area contributed by atoms with E-state index in [2.05, 4.69) is 23.2 Å². The molecule has 2 heterocycles. The molecule has 1 aliphatic heterocycles. The van der Waals surface area contributed by atoms with Crippen LogP contribution in [-0.4, -0.2) is 36.0 Å². The van der Waals surface area contributed by atoms with E-state index in [0.29, 0.717) is 18.8 Å². The van der Waals surface area contributed by atoms with Gasteiger partial charge in [-0.2, -0.15) is 0 Å². The molecule has 3 rings (SSSR count). The van der Waals surface area contributed by atoms with E-state index in [1.54, 1.807) is 19.4 Å². The van der Waals surface area contributed by atoms with E-state index in [-0.39, 0.29) is 5.91 Å². The van der Waals surface area contributed by atoms with Gasteiger partial charge in [-0.15, -0.1) is 0 Å². The molecule has 4 heteroatoms. The molecule has 1 aliphatic rings. The molecule has 0 fully saturated rings. The molecule has 1 amide bonds. The first-order valence-electron chi connectivity index (χ1n) is 7.31. The Morgan fingerprint density at radius 2 is 2.00 bits per heavy atom. The Morgan fingerprint density at radius 3 is 2.59 bits per heavy atom. The van der Waals surface area contributed by atoms with Gasteiger partial charge >= 0.3 is 0 Å². The normalized spacial score (nSPS) is 14.4. The first-order chi connectivity index (χ1) is 10.8. The van der Waals surface area contributed by atoms with Crippen LogP contribution in [0.4, 0.5) is 0 Å². The molecule has 4 nitrogen and oxygen atoms in total. The van der Waals surface area contributed by atoms with Gasteiger partial charge in [0.05, 0.1) is 7.11 Å². The predicted molar refractivity (Wildman–Crippen MR) is 85.7 cm³/mol. The number of carbonyl (C=O) groups is 1. The van der Waals surface area contributed by atoms with Crippen LogP contribution in [0, 0.1) is 0 Å². The second-order valence-corrected chi connectivity index (χ2v) is 5.17. The Kier molecular flexibility index (Phi) is 4.19. The summed E-state index contributed by atoms with van der Waals surface area (Å²) in [4.78, 5) is 18.3. The van der Waals surface area contributed by atoms with Gasteiger partial charge in [-0.05, 0) is 41.8 Å². The number of aromatic nitrogens is 1. The third kappa shape index (κ3) is 3.01. The maximum absolute atomic E-state index is 12.3. The highest BCUT2D eigenvalue weighted by atomic mass is 16.5. The van der Waals surface area contributed by atoms with Crippen molar-refractivity contribution in [3.05, 3.63) is 66.0 Å². The van der Waals surface area contributed by atoms with Gasteiger partial charge in [0.2, 0.25) is 0 Å². The molecule has 22 heavy (non-hydrogen) atoms. The van der Waals surface area contributed by atoms with E-state index in [9.17, 15) is 4.79 Å². The van der Waals surface area contributed by atoms with Gasteiger partial charge in [0.1, 0.15) is 11.4 Å². The minimum Gasteiger partial charge on any atom is -0.497 e. The minimum atomic E-state index is -0.00868. The predicted octanol–water partition coefficient (Wildman–Crippen LogP) is 3.02. The Balaban J connectivity index is 1.70. The Labute approximate surface area is 130 Å². The molecule has 0 N–H and O–H groups in total. The monoisotopic (exact) mass is 294 g/mol. The smallest absolute Gasteiger partial charge is 0.272 e. The van der Waals surface area contributed by atoms with Crippen LogP contribution in [-0.2, 0) is 0 Å². The van der Waals surface area contributed by atoms with Crippen molar-refractivity contribution in [1.29, 1.82) is 0 Å². The lowest BCUT2D eigenvalue weighted by molar-refractivity contribution is 0.0767. The number of methoxy groups -OCH3 is 1. The van der Waals surface area contributed by atoms with Crippen LogP contribution in [0.5, 0.6) is 5.75 Å². The molecule has 0 saturated carbocycles. The number of ether oxygens (including phenoxy) is 1. The summed E-state index contributed by atoms with van der Waals surface area (Å²) in [6.45, 7) is 1.34. The average Bonchev–Trinajstić information content (AvgIpc) is 2.62. The number of benzene rings is 1. The molecule has 0 unspecified atom stereocenters. The van der Waals surface area contributed by atoms with E-state index in [1.165, 1.54) is 11.1 Å². The number of hydrogen-bond donors (Lipinski definition) is 0. The fourth-order valence-corrected chi connectivity index (χ4v) is 2.57. The van der Waals surface area contributed by atoms with Crippen molar-refractivity contribution in [2.45, 2.75) is 6.42 Å². The van der Waals surface area contributed by atoms with Crippen LogP contribution in [0.3, 0.4) is 0 Å². The molecule has 0 atom stereocenters. The van der Waals surface area contributed by atoms with Crippen molar-refractivity contribution in [1.82, 2.24) is 9.88 Å². The van der Waals surface area contributed by atoms with Crippen molar-refractivity contribution in [3.63, 3.8) is 0 Å². The highest BCUT2D eigenvalue weighted by molar-refractivity contribution is 5.92. The minimum absolute atomic E-state index is 0.00868. The highest BCUT2D eigenvalue weighted by Crippen LogP contribution is 2.24. The summed E-state index contributed by atoms with van der Waals surface area (Å²) in [5.41, 5.74) is 2.96. The standard InChI is InChI=1S/C18H18N2O2/c1-22-16-7-5-14(6-8-16)15-9-12-20(13-10-15)18(21)17-4-2-3-11-19-17/h2-9,11H,10,12-13H2,1H3. The summed E-state index contributed by atoms with van der Waals surface area (Å²) in [6, 6.07) is 13.4. The molecule has 1 aromatic heterocycles. The van der Waals surface area contributed by atoms with Gasteiger partial charge in [0.25, 0.3) is 5.91 Å². The van der Waals surface area contributed by atoms with Crippen LogP contribution < -0.4 is 4.74 Å². The van der Waals surface area contributed by atoms with E-state index >= 15 is 0 Å². The number of pyridine rings is 1. The molecular formula is C18H18N2O2. The molecule has 0 spiro atoms. The third-order valence-corrected chi connectivity index (χ3v) is 3.84. The third-order valence-electron chi connectivity index (χ3n) is 3.84. The zero-order valence-electron chi connectivity index (χ0n) is 12.5. The summed E-state index contributed by atoms with van der Waals surface area (Å²) < 4.78 is 5.17. The largest absolute Gasteiger partial charge is 0.497 e. The lowest BCUT2D eigenvalue weighted by Crippen LogP contribution is -2.35. The molecule has 1 aromatic carbocycles. The number of carbonyl (C=O) groups excluding carboxylic acids is 1. The lowest BCUT2D eigenvalue weighted by atomic mass is 9.99. The molecule has 112 valence electrons. The number of amides is 1. The molecule has 0 saturated heterocycles. The van der Waals surface area contributed by atoms with Crippen molar-refractivity contribution < 1.29 is 9.53 Å². The molecular weight excluding hydrogens is 276 g/mol. The molecule has 0 aliphatic carbocycles. The number of nitrogens with zero attached hydrogens (tertiary/aromatic N) is 2. The fraction of sp³-hybridized carbons (Fsp3) is 0.222. The second-order valence-electron chi connectivity index (χ2n) is 5.17. The van der Waals surface area contributed by atoms with Gasteiger partial charge in [-0.3, -0.25) is 9.78 Å². The van der Waals surface area contributed by atoms with Gasteiger partial charge < -0.3 is 9.64 Å². The maximum atomic E-state index is 12.3. The summed E-state index contributed by atoms with van der Waals surface area (Å²) in [6.07, 6.45) is 4.62. The molecule has 2 aromatic rings. The average molecular weight is 294 g/mol. The van der Waals surface area contributed by atoms with Crippen LogP contribution in [0.1, 0.15) is 22.5 Å². The van der Waals surface area contributed by atoms with E-state index in [1.807, 2.05) is 29.2 Å². The van der Waals surface area contributed by atoms with Gasteiger partial charge in [-0.1, -0.05) is 24.3 Å². The molecule has 0 radical (unpaired) electrons. The number of hydrogen-bond acceptors (Lipinski definition) is 3. The van der Waals surface area contributed by atoms with Crippen LogP contribution in [0.25, 0.3) is 5.57 Å². The van der Waals surface area contributed by atoms with Crippen LogP contribution in [0.15, 0.2) is 54.7 Å². The van der Waals surface area contributed by atoms with Crippen molar-refractivity contribution in [2.24, 2.45) is 0 Å². The van der Waals surface area contributed by atoms with Gasteiger partial charge in [0.15, 0.2) is 0 Å². The van der Waals surface area contributed by atoms with Gasteiger partial charge in [0, 0.05) is 19.3 Å². The number of rotatable bonds is 3. The summed E-state index contributed by atoms with van der Waals surface area (Å²) >= 11 is 0. The van der Waals surface area contributed by atoms with E-state index in [0.717, 1.165) is 12.2 Å². The van der Waals surface area contributed by atoms with Crippen LogP contribution >= 0.6 is 0 Å². The topological polar surface area (TPSA) is 42.4 Å². The lowest BCUT2D eigenvalue weighted by Gasteiger charge is -2.26. The van der Waals surface area contributed by atoms with Crippen LogP contribution in [0.2, 0.25) is 0 Å². The Morgan fingerprint density at radius 1 is 1.18 bits per heavy atom. The zero-order chi connectivity index (χ0) is 15.4. The Bertz CT molecular complexity index is 678. The summed E-state index contributed by atoms with van der Waals surface area (Å²) in [5.74, 6) is 0.845. The van der Waals surface area contributed by atoms with Crippen molar-refractivity contribution in [3.8, 4) is 5.75 Å². The van der Waals surface area contributed by atoms with Gasteiger partial charge in [-0.25, -0.2) is 0 Å². The first-order valence-corrected chi connectivity index (χ1v) is 7.31. The quantitative estimate of drug-likeness (QED) is 0.874.